The van der Waals surface area contributed by atoms with E-state index in [2.05, 4.69) is 9.44 Å². The van der Waals surface area contributed by atoms with Gasteiger partial charge in [-0.1, -0.05) is 77.3 Å². The Morgan fingerprint density at radius 1 is 0.723 bits per heavy atom. The second kappa shape index (κ2) is 15.7. The number of phenolic OH excluding ortho intramolecular Hbond substituents is 1. The number of phenols is 1. The molecule has 47 heavy (non-hydrogen) atoms. The maximum atomic E-state index is 12.4. The topological polar surface area (TPSA) is 139 Å². The van der Waals surface area contributed by atoms with Gasteiger partial charge in [-0.05, 0) is 74.5 Å². The molecule has 5 aromatic carbocycles. The highest BCUT2D eigenvalue weighted by Gasteiger charge is 2.16. The number of carbonyl (C=O) groups is 1. The maximum absolute atomic E-state index is 12.4. The summed E-state index contributed by atoms with van der Waals surface area (Å²) in [7, 11) is -7.15. The normalized spacial score (nSPS) is 11.2. The third-order valence-electron chi connectivity index (χ3n) is 6.67. The number of sulfonamides is 2. The molecule has 0 unspecified atom stereocenters. The van der Waals surface area contributed by atoms with Crippen molar-refractivity contribution < 1.29 is 31.5 Å². The summed E-state index contributed by atoms with van der Waals surface area (Å²) in [5.74, 6) is -0.154. The van der Waals surface area contributed by atoms with Crippen molar-refractivity contribution in [2.45, 2.75) is 23.6 Å². The van der Waals surface area contributed by atoms with Crippen LogP contribution in [0.4, 0.5) is 5.69 Å². The third-order valence-corrected chi connectivity index (χ3v) is 9.80. The number of hydrogen-bond donors (Lipinski definition) is 3. The number of carbonyl (C=O) groups excluding carboxylic acids is 1. The van der Waals surface area contributed by atoms with Crippen LogP contribution in [0.15, 0.2) is 131 Å². The minimum Gasteiger partial charge on any atom is -0.507 e. The van der Waals surface area contributed by atoms with E-state index in [4.69, 9.17) is 16.3 Å². The Morgan fingerprint density at radius 3 is 1.83 bits per heavy atom. The molecule has 5 rings (SSSR count). The van der Waals surface area contributed by atoms with Crippen molar-refractivity contribution in [3.05, 3.63) is 149 Å². The number of hydrogen-bond acceptors (Lipinski definition) is 7. The van der Waals surface area contributed by atoms with E-state index in [-0.39, 0.29) is 40.0 Å². The molecule has 9 nitrogen and oxygen atoms in total. The average molecular weight is 693 g/mol. The number of nitrogens with one attached hydrogen (secondary N) is 2. The summed E-state index contributed by atoms with van der Waals surface area (Å²) in [4.78, 5) is 12.9. The van der Waals surface area contributed by atoms with Crippen molar-refractivity contribution in [1.82, 2.24) is 4.72 Å². The summed E-state index contributed by atoms with van der Waals surface area (Å²) in [6.45, 7) is 3.91. The van der Waals surface area contributed by atoms with Crippen LogP contribution < -0.4 is 14.2 Å². The molecule has 0 aliphatic heterocycles. The lowest BCUT2D eigenvalue weighted by atomic mass is 10.0. The number of rotatable bonds is 11. The quantitative estimate of drug-likeness (QED) is 0.103. The Balaban J connectivity index is 0.000000238. The molecule has 0 fully saturated rings. The summed E-state index contributed by atoms with van der Waals surface area (Å²) in [6.07, 6.45) is 0. The van der Waals surface area contributed by atoms with Crippen molar-refractivity contribution in [3.8, 4) is 11.5 Å². The number of anilines is 1. The van der Waals surface area contributed by atoms with Crippen LogP contribution in [-0.2, 0) is 20.0 Å². The number of ketones is 1. The number of aromatic hydroxyl groups is 1. The molecule has 0 spiro atoms. The van der Waals surface area contributed by atoms with Crippen molar-refractivity contribution in [2.24, 2.45) is 0 Å². The highest BCUT2D eigenvalue weighted by molar-refractivity contribution is 7.92. The van der Waals surface area contributed by atoms with E-state index in [1.165, 1.54) is 12.1 Å². The van der Waals surface area contributed by atoms with Crippen molar-refractivity contribution in [1.29, 1.82) is 0 Å². The van der Waals surface area contributed by atoms with E-state index in [0.717, 1.165) is 11.1 Å². The molecule has 0 radical (unpaired) electrons. The molecule has 5 aromatic rings. The molecule has 244 valence electrons. The summed E-state index contributed by atoms with van der Waals surface area (Å²) >= 11 is 5.74. The lowest BCUT2D eigenvalue weighted by Crippen LogP contribution is -2.28. The zero-order chi connectivity index (χ0) is 34.0. The number of ether oxygens (including phenoxy) is 1. The van der Waals surface area contributed by atoms with Crippen LogP contribution in [0.3, 0.4) is 0 Å². The van der Waals surface area contributed by atoms with Crippen LogP contribution in [0.2, 0.25) is 5.02 Å². The van der Waals surface area contributed by atoms with E-state index in [0.29, 0.717) is 22.0 Å². The zero-order valence-electron chi connectivity index (χ0n) is 25.6. The van der Waals surface area contributed by atoms with Crippen molar-refractivity contribution >= 4 is 43.1 Å². The second-order valence-electron chi connectivity index (χ2n) is 10.4. The molecule has 0 saturated carbocycles. The molecule has 0 aliphatic rings. The fraction of sp³-hybridized carbons (Fsp3) is 0.114. The monoisotopic (exact) mass is 692 g/mol. The lowest BCUT2D eigenvalue weighted by Gasteiger charge is -2.10. The van der Waals surface area contributed by atoms with Gasteiger partial charge in [0.2, 0.25) is 10.0 Å². The van der Waals surface area contributed by atoms with Gasteiger partial charge in [0.05, 0.1) is 15.4 Å². The Hall–Kier alpha value is -4.68. The van der Waals surface area contributed by atoms with Gasteiger partial charge in [-0.15, -0.1) is 0 Å². The van der Waals surface area contributed by atoms with Crippen molar-refractivity contribution in [2.75, 3.05) is 17.9 Å². The van der Waals surface area contributed by atoms with Crippen LogP contribution in [0.5, 0.6) is 11.5 Å². The standard InChI is InChI=1S/C22H21NO5S.C13H12ClNO2S/c1-16-7-10-19(11-8-16)29(26,27)23-13-14-28-18-9-12-20(21(24)15-18)22(25)17-5-3-2-4-6-17;1-10-2-8-13(9-3-10)18(16,17)15-12-6-4-11(14)5-7-12/h2-12,15,23-24H,13-14H2,1H3;2-9,15H,1H3. The van der Waals surface area contributed by atoms with Crippen LogP contribution >= 0.6 is 11.6 Å². The minimum atomic E-state index is -3.61. The first-order valence-electron chi connectivity index (χ1n) is 14.3. The van der Waals surface area contributed by atoms with Gasteiger partial charge in [0.25, 0.3) is 10.0 Å². The Labute approximate surface area is 279 Å². The van der Waals surface area contributed by atoms with Crippen LogP contribution in [-0.4, -0.2) is 40.9 Å². The van der Waals surface area contributed by atoms with Crippen LogP contribution in [0.25, 0.3) is 0 Å². The molecule has 0 amide bonds. The van der Waals surface area contributed by atoms with E-state index in [9.17, 15) is 26.7 Å². The Morgan fingerprint density at radius 2 is 1.28 bits per heavy atom. The number of halogens is 1. The van der Waals surface area contributed by atoms with Crippen LogP contribution in [0.1, 0.15) is 27.0 Å². The van der Waals surface area contributed by atoms with Gasteiger partial charge in [-0.3, -0.25) is 9.52 Å². The lowest BCUT2D eigenvalue weighted by molar-refractivity contribution is 0.103. The summed E-state index contributed by atoms with van der Waals surface area (Å²) < 4.78 is 59.0. The summed E-state index contributed by atoms with van der Waals surface area (Å²) in [6, 6.07) is 32.7. The predicted octanol–water partition coefficient (Wildman–Crippen LogP) is 6.74. The molecule has 0 atom stereocenters. The van der Waals surface area contributed by atoms with Crippen LogP contribution in [0, 0.1) is 13.8 Å². The second-order valence-corrected chi connectivity index (χ2v) is 14.2. The predicted molar refractivity (Wildman–Crippen MR) is 183 cm³/mol. The summed E-state index contributed by atoms with van der Waals surface area (Å²) in [5.41, 5.74) is 3.12. The van der Waals surface area contributed by atoms with Gasteiger partial charge in [0, 0.05) is 28.9 Å². The molecule has 12 heteroatoms. The SMILES string of the molecule is Cc1ccc(S(=O)(=O)NCCOc2ccc(C(=O)c3ccccc3)c(O)c2)cc1.Cc1ccc(S(=O)(=O)Nc2ccc(Cl)cc2)cc1. The molecule has 0 bridgehead atoms. The highest BCUT2D eigenvalue weighted by atomic mass is 35.5. The molecule has 0 heterocycles. The molecular weight excluding hydrogens is 660 g/mol. The smallest absolute Gasteiger partial charge is 0.261 e. The van der Waals surface area contributed by atoms with Gasteiger partial charge in [-0.25, -0.2) is 21.6 Å². The largest absolute Gasteiger partial charge is 0.507 e. The number of aryl methyl sites for hydroxylation is 2. The maximum Gasteiger partial charge on any atom is 0.261 e. The first kappa shape index (κ1) is 35.2. The van der Waals surface area contributed by atoms with Gasteiger partial charge in [0.15, 0.2) is 5.78 Å². The third kappa shape index (κ3) is 10.2. The first-order valence-corrected chi connectivity index (χ1v) is 17.7. The molecule has 0 aliphatic carbocycles. The van der Waals surface area contributed by atoms with E-state index in [1.54, 1.807) is 109 Å². The van der Waals surface area contributed by atoms with Gasteiger partial charge < -0.3 is 9.84 Å². The first-order chi connectivity index (χ1) is 22.3. The van der Waals surface area contributed by atoms with Crippen molar-refractivity contribution in [3.63, 3.8) is 0 Å². The van der Waals surface area contributed by atoms with E-state index in [1.807, 2.05) is 13.8 Å². The molecule has 0 saturated heterocycles. The molecule has 3 N–H and O–H groups in total. The van der Waals surface area contributed by atoms with E-state index >= 15 is 0 Å². The molecule has 0 aromatic heterocycles. The summed E-state index contributed by atoms with van der Waals surface area (Å²) in [5, 5.41) is 10.7. The molecular formula is C35H33ClN2O7S2. The van der Waals surface area contributed by atoms with Gasteiger partial charge in [0.1, 0.15) is 18.1 Å². The fourth-order valence-corrected chi connectivity index (χ4v) is 6.33. The van der Waals surface area contributed by atoms with Gasteiger partial charge >= 0.3 is 0 Å². The zero-order valence-corrected chi connectivity index (χ0v) is 27.9. The van der Waals surface area contributed by atoms with Gasteiger partial charge in [-0.2, -0.15) is 0 Å². The average Bonchev–Trinajstić information content (AvgIpc) is 3.05. The minimum absolute atomic E-state index is 0.0572. The number of benzene rings is 5. The Bertz CT molecular complexity index is 2020. The highest BCUT2D eigenvalue weighted by Crippen LogP contribution is 2.26. The Kier molecular flexibility index (Phi) is 11.8. The van der Waals surface area contributed by atoms with E-state index < -0.39 is 20.0 Å². The fourth-order valence-electron chi connectivity index (χ4n) is 4.13.